The Morgan fingerprint density at radius 3 is 2.46 bits per heavy atom. The number of hydrogen-bond acceptors (Lipinski definition) is 2. The van der Waals surface area contributed by atoms with E-state index in [1.54, 1.807) is 6.92 Å². The van der Waals surface area contributed by atoms with Crippen molar-refractivity contribution in [1.29, 1.82) is 0 Å². The quantitative estimate of drug-likeness (QED) is 0.523. The summed E-state index contributed by atoms with van der Waals surface area (Å²) in [4.78, 5) is 11.0. The van der Waals surface area contributed by atoms with Crippen LogP contribution in [-0.4, -0.2) is 17.5 Å². The van der Waals surface area contributed by atoms with Gasteiger partial charge in [0.1, 0.15) is 6.61 Å². The van der Waals surface area contributed by atoms with Gasteiger partial charge in [0.2, 0.25) is 0 Å². The van der Waals surface area contributed by atoms with Gasteiger partial charge in [0.05, 0.1) is 0 Å². The zero-order valence-corrected chi connectivity index (χ0v) is 8.68. The largest absolute Gasteiger partial charge is 0.388 e. The van der Waals surface area contributed by atoms with Crippen LogP contribution in [0, 0.1) is 0 Å². The van der Waals surface area contributed by atoms with Gasteiger partial charge in [0.15, 0.2) is 5.78 Å². The topological polar surface area (TPSA) is 37.3 Å². The molecule has 0 saturated carbocycles. The lowest BCUT2D eigenvalue weighted by Gasteiger charge is -1.96. The third kappa shape index (κ3) is 5.40. The Labute approximate surface area is 80.0 Å². The summed E-state index contributed by atoms with van der Waals surface area (Å²) in [5.74, 6) is -0.240. The van der Waals surface area contributed by atoms with Gasteiger partial charge in [-0.3, -0.25) is 4.79 Å². The van der Waals surface area contributed by atoms with Crippen LogP contribution in [0.4, 0.5) is 0 Å². The van der Waals surface area contributed by atoms with Gasteiger partial charge in [0.25, 0.3) is 0 Å². The van der Waals surface area contributed by atoms with Crippen LogP contribution in [0.1, 0.15) is 40.0 Å². The van der Waals surface area contributed by atoms with E-state index in [1.165, 1.54) is 0 Å². The fourth-order valence-electron chi connectivity index (χ4n) is 1.01. The molecule has 0 aromatic carbocycles. The molecule has 0 amide bonds. The lowest BCUT2D eigenvalue weighted by atomic mass is 10.1. The average molecular weight is 182 g/mol. The van der Waals surface area contributed by atoms with Crippen molar-refractivity contribution in [1.82, 2.24) is 0 Å². The predicted octanol–water partition coefficient (Wildman–Crippen LogP) is 2.23. The summed E-state index contributed by atoms with van der Waals surface area (Å²) < 4.78 is 0. The van der Waals surface area contributed by atoms with E-state index in [9.17, 15) is 4.79 Å². The molecule has 0 aromatic rings. The third-order valence-electron chi connectivity index (χ3n) is 1.87. The molecule has 0 bridgehead atoms. The Morgan fingerprint density at radius 2 is 2.00 bits per heavy atom. The molecule has 0 fully saturated rings. The first-order valence-corrected chi connectivity index (χ1v) is 4.68. The Balaban J connectivity index is 4.38. The van der Waals surface area contributed by atoms with Gasteiger partial charge in [-0.1, -0.05) is 13.3 Å². The highest BCUT2D eigenvalue weighted by Gasteiger charge is 2.00. The SMILES string of the molecule is CCCCC(C)=C=C(C)C(=O)CO. The van der Waals surface area contributed by atoms with E-state index in [0.29, 0.717) is 5.57 Å². The molecule has 0 aliphatic rings. The number of unbranched alkanes of at least 4 members (excludes halogenated alkanes) is 1. The summed E-state index contributed by atoms with van der Waals surface area (Å²) in [5.41, 5.74) is 4.60. The minimum absolute atomic E-state index is 0.240. The van der Waals surface area contributed by atoms with Crippen LogP contribution >= 0.6 is 0 Å². The normalized spacial score (nSPS) is 9.23. The zero-order chi connectivity index (χ0) is 10.3. The van der Waals surface area contributed by atoms with Crippen LogP contribution in [0.5, 0.6) is 0 Å². The lowest BCUT2D eigenvalue weighted by molar-refractivity contribution is -0.118. The first kappa shape index (κ1) is 12.2. The zero-order valence-electron chi connectivity index (χ0n) is 8.68. The van der Waals surface area contributed by atoms with E-state index in [2.05, 4.69) is 12.7 Å². The summed E-state index contributed by atoms with van der Waals surface area (Å²) in [6, 6.07) is 0. The molecule has 13 heavy (non-hydrogen) atoms. The van der Waals surface area contributed by atoms with E-state index < -0.39 is 6.61 Å². The van der Waals surface area contributed by atoms with E-state index in [0.717, 1.165) is 24.8 Å². The van der Waals surface area contributed by atoms with Crippen molar-refractivity contribution in [3.8, 4) is 0 Å². The fraction of sp³-hybridized carbons (Fsp3) is 0.636. The second-order valence-electron chi connectivity index (χ2n) is 3.22. The maximum absolute atomic E-state index is 11.0. The molecule has 0 unspecified atom stereocenters. The van der Waals surface area contributed by atoms with Crippen molar-refractivity contribution in [3.05, 3.63) is 16.9 Å². The molecule has 2 nitrogen and oxygen atoms in total. The van der Waals surface area contributed by atoms with Crippen LogP contribution < -0.4 is 0 Å². The first-order chi connectivity index (χ1) is 6.11. The molecule has 0 spiro atoms. The van der Waals surface area contributed by atoms with Crippen molar-refractivity contribution in [2.45, 2.75) is 40.0 Å². The van der Waals surface area contributed by atoms with Crippen LogP contribution in [0.2, 0.25) is 0 Å². The van der Waals surface area contributed by atoms with E-state index in [-0.39, 0.29) is 5.78 Å². The molecular weight excluding hydrogens is 164 g/mol. The Kier molecular flexibility index (Phi) is 6.21. The Hall–Kier alpha value is -0.850. The molecule has 0 atom stereocenters. The van der Waals surface area contributed by atoms with Gasteiger partial charge >= 0.3 is 0 Å². The number of Topliss-reactive ketones (excluding diaryl/α,β-unsaturated/α-hetero) is 1. The van der Waals surface area contributed by atoms with E-state index in [4.69, 9.17) is 5.11 Å². The van der Waals surface area contributed by atoms with Crippen molar-refractivity contribution < 1.29 is 9.90 Å². The molecule has 0 heterocycles. The summed E-state index contributed by atoms with van der Waals surface area (Å²) >= 11 is 0. The average Bonchev–Trinajstić information content (AvgIpc) is 2.13. The van der Waals surface area contributed by atoms with Crippen LogP contribution in [0.3, 0.4) is 0 Å². The fourth-order valence-corrected chi connectivity index (χ4v) is 1.01. The van der Waals surface area contributed by atoms with Crippen molar-refractivity contribution in [2.75, 3.05) is 6.61 Å². The summed E-state index contributed by atoms with van der Waals surface area (Å²) in [7, 11) is 0. The number of rotatable bonds is 5. The van der Waals surface area contributed by atoms with Gasteiger partial charge in [-0.05, 0) is 32.3 Å². The maximum Gasteiger partial charge on any atom is 0.191 e. The molecule has 0 rings (SSSR count). The van der Waals surface area contributed by atoms with E-state index in [1.807, 2.05) is 6.92 Å². The monoisotopic (exact) mass is 182 g/mol. The molecule has 0 aliphatic heterocycles. The second kappa shape index (κ2) is 6.64. The first-order valence-electron chi connectivity index (χ1n) is 4.68. The van der Waals surface area contributed by atoms with Crippen molar-refractivity contribution >= 4 is 5.78 Å². The minimum atomic E-state index is -0.417. The Morgan fingerprint density at radius 1 is 1.38 bits per heavy atom. The van der Waals surface area contributed by atoms with Gasteiger partial charge in [0, 0.05) is 5.57 Å². The maximum atomic E-state index is 11.0. The van der Waals surface area contributed by atoms with Crippen LogP contribution in [0.25, 0.3) is 0 Å². The van der Waals surface area contributed by atoms with Gasteiger partial charge in [-0.25, -0.2) is 0 Å². The van der Waals surface area contributed by atoms with Gasteiger partial charge in [-0.2, -0.15) is 0 Å². The minimum Gasteiger partial charge on any atom is -0.388 e. The van der Waals surface area contributed by atoms with Crippen molar-refractivity contribution in [2.24, 2.45) is 0 Å². The molecule has 2 heteroatoms. The number of carbonyl (C=O) groups excluding carboxylic acids is 1. The number of aliphatic hydroxyl groups excluding tert-OH is 1. The molecule has 1 N–H and O–H groups in total. The smallest absolute Gasteiger partial charge is 0.191 e. The van der Waals surface area contributed by atoms with Crippen LogP contribution in [-0.2, 0) is 4.79 Å². The lowest BCUT2D eigenvalue weighted by Crippen LogP contribution is -2.03. The standard InChI is InChI=1S/C11H18O2/c1-4-5-6-9(2)7-10(3)11(13)8-12/h12H,4-6,8H2,1-3H3. The van der Waals surface area contributed by atoms with Gasteiger partial charge < -0.3 is 5.11 Å². The predicted molar refractivity (Wildman–Crippen MR) is 53.5 cm³/mol. The van der Waals surface area contributed by atoms with Crippen LogP contribution in [0.15, 0.2) is 16.9 Å². The van der Waals surface area contributed by atoms with Crippen molar-refractivity contribution in [3.63, 3.8) is 0 Å². The molecule has 74 valence electrons. The third-order valence-corrected chi connectivity index (χ3v) is 1.87. The summed E-state index contributed by atoms with van der Waals surface area (Å²) in [5, 5.41) is 8.57. The molecule has 0 saturated heterocycles. The second-order valence-corrected chi connectivity index (χ2v) is 3.22. The highest BCUT2D eigenvalue weighted by molar-refractivity contribution is 5.95. The molecule has 0 radical (unpaired) electrons. The molecule has 0 aromatic heterocycles. The molecule has 0 aliphatic carbocycles. The number of carbonyl (C=O) groups is 1. The van der Waals surface area contributed by atoms with Gasteiger partial charge in [-0.15, -0.1) is 5.73 Å². The van der Waals surface area contributed by atoms with E-state index >= 15 is 0 Å². The highest BCUT2D eigenvalue weighted by Crippen LogP contribution is 2.05. The Bertz CT molecular complexity index is 232. The number of ketones is 1. The summed E-state index contributed by atoms with van der Waals surface area (Å²) in [6.07, 6.45) is 3.25. The summed E-state index contributed by atoms with van der Waals surface area (Å²) in [6.45, 7) is 5.36. The molecular formula is C11H18O2. The number of aliphatic hydroxyl groups is 1. The highest BCUT2D eigenvalue weighted by atomic mass is 16.3. The number of hydrogen-bond donors (Lipinski definition) is 1.